The number of halogens is 1. The number of hydrogen-bond acceptors (Lipinski definition) is 4. The van der Waals surface area contributed by atoms with Gasteiger partial charge < -0.3 is 10.5 Å². The van der Waals surface area contributed by atoms with Crippen LogP contribution in [0.4, 0.5) is 0 Å². The van der Waals surface area contributed by atoms with Gasteiger partial charge in [-0.2, -0.15) is 5.10 Å². The lowest BCUT2D eigenvalue weighted by Crippen LogP contribution is -2.45. The Bertz CT molecular complexity index is 446. The average molecular weight is 258 g/mol. The first kappa shape index (κ1) is 12.5. The first-order chi connectivity index (χ1) is 8.00. The van der Waals surface area contributed by atoms with Gasteiger partial charge in [0, 0.05) is 12.6 Å². The molecule has 0 bridgehead atoms. The van der Waals surface area contributed by atoms with E-state index < -0.39 is 5.41 Å². The van der Waals surface area contributed by atoms with Gasteiger partial charge in [0.05, 0.1) is 29.8 Å². The fourth-order valence-electron chi connectivity index (χ4n) is 2.02. The summed E-state index contributed by atoms with van der Waals surface area (Å²) < 4.78 is 6.88. The van der Waals surface area contributed by atoms with Gasteiger partial charge in [0.15, 0.2) is 5.78 Å². The Kier molecular flexibility index (Phi) is 3.25. The molecule has 1 saturated heterocycles. The Hall–Kier alpha value is -0.910. The molecule has 1 aromatic heterocycles. The molecule has 0 saturated carbocycles. The van der Waals surface area contributed by atoms with Crippen molar-refractivity contribution in [2.75, 3.05) is 13.2 Å². The number of hydrogen-bond donors (Lipinski definition) is 1. The number of nitrogens with zero attached hydrogens (tertiary/aromatic N) is 2. The van der Waals surface area contributed by atoms with Crippen LogP contribution >= 0.6 is 11.6 Å². The zero-order chi connectivity index (χ0) is 12.6. The molecule has 1 aliphatic rings. The molecule has 1 aliphatic heterocycles. The number of ether oxygens (including phenoxy) is 1. The molecule has 2 N–H and O–H groups in total. The lowest BCUT2D eigenvalue weighted by atomic mass is 9.80. The van der Waals surface area contributed by atoms with E-state index in [1.807, 2.05) is 13.8 Å². The Morgan fingerprint density at radius 2 is 2.53 bits per heavy atom. The maximum absolute atomic E-state index is 12.5. The molecule has 0 spiro atoms. The smallest absolute Gasteiger partial charge is 0.192 e. The highest BCUT2D eigenvalue weighted by Crippen LogP contribution is 2.33. The highest BCUT2D eigenvalue weighted by molar-refractivity contribution is 6.33. The number of carbonyl (C=O) groups is 1. The molecule has 17 heavy (non-hydrogen) atoms. The van der Waals surface area contributed by atoms with Gasteiger partial charge in [-0.25, -0.2) is 0 Å². The van der Waals surface area contributed by atoms with Crippen LogP contribution in [0.3, 0.4) is 0 Å². The summed E-state index contributed by atoms with van der Waals surface area (Å²) in [6.07, 6.45) is 1.49. The Morgan fingerprint density at radius 1 is 1.82 bits per heavy atom. The van der Waals surface area contributed by atoms with E-state index in [1.54, 1.807) is 4.68 Å². The summed E-state index contributed by atoms with van der Waals surface area (Å²) in [5.41, 5.74) is 5.66. The molecule has 2 unspecified atom stereocenters. The van der Waals surface area contributed by atoms with Crippen LogP contribution in [-0.2, 0) is 11.3 Å². The molecular weight excluding hydrogens is 242 g/mol. The normalized spacial score (nSPS) is 28.6. The molecule has 94 valence electrons. The van der Waals surface area contributed by atoms with Crippen LogP contribution in [0.2, 0.25) is 5.02 Å². The third-order valence-electron chi connectivity index (χ3n) is 3.35. The van der Waals surface area contributed by atoms with Crippen molar-refractivity contribution in [1.82, 2.24) is 9.78 Å². The third-order valence-corrected chi connectivity index (χ3v) is 3.62. The molecule has 0 aliphatic carbocycles. The van der Waals surface area contributed by atoms with E-state index in [2.05, 4.69) is 5.10 Å². The Labute approximate surface area is 105 Å². The lowest BCUT2D eigenvalue weighted by molar-refractivity contribution is 0.0756. The van der Waals surface area contributed by atoms with Gasteiger partial charge in [0.25, 0.3) is 0 Å². The highest BCUT2D eigenvalue weighted by atomic mass is 35.5. The number of nitrogens with two attached hydrogens (primary N) is 1. The molecule has 0 aromatic carbocycles. The average Bonchev–Trinajstić information content (AvgIpc) is 2.83. The maximum Gasteiger partial charge on any atom is 0.192 e. The molecule has 2 atom stereocenters. The van der Waals surface area contributed by atoms with Gasteiger partial charge in [-0.05, 0) is 13.8 Å². The summed E-state index contributed by atoms with van der Waals surface area (Å²) in [5, 5.41) is 4.44. The van der Waals surface area contributed by atoms with E-state index >= 15 is 0 Å². The summed E-state index contributed by atoms with van der Waals surface area (Å²) in [5.74, 6) is -0.0909. The minimum Gasteiger partial charge on any atom is -0.379 e. The monoisotopic (exact) mass is 257 g/mol. The van der Waals surface area contributed by atoms with Crippen molar-refractivity contribution in [1.29, 1.82) is 0 Å². The van der Waals surface area contributed by atoms with Crippen molar-refractivity contribution in [3.63, 3.8) is 0 Å². The largest absolute Gasteiger partial charge is 0.379 e. The number of ketones is 1. The predicted molar refractivity (Wildman–Crippen MR) is 64.1 cm³/mol. The van der Waals surface area contributed by atoms with E-state index in [1.165, 1.54) is 6.20 Å². The molecule has 6 heteroatoms. The van der Waals surface area contributed by atoms with Gasteiger partial charge in [-0.15, -0.1) is 0 Å². The van der Waals surface area contributed by atoms with Gasteiger partial charge in [-0.1, -0.05) is 11.6 Å². The molecule has 0 amide bonds. The summed E-state index contributed by atoms with van der Waals surface area (Å²) >= 11 is 6.02. The Morgan fingerprint density at radius 3 is 3.06 bits per heavy atom. The lowest BCUT2D eigenvalue weighted by Gasteiger charge is -2.25. The molecule has 2 heterocycles. The van der Waals surface area contributed by atoms with Crippen molar-refractivity contribution in [2.45, 2.75) is 26.4 Å². The van der Waals surface area contributed by atoms with E-state index in [4.69, 9.17) is 22.1 Å². The van der Waals surface area contributed by atoms with Crippen molar-refractivity contribution < 1.29 is 9.53 Å². The quantitative estimate of drug-likeness (QED) is 0.824. The van der Waals surface area contributed by atoms with Crippen molar-refractivity contribution in [2.24, 2.45) is 11.1 Å². The Balaban J connectivity index is 2.40. The molecule has 1 aromatic rings. The van der Waals surface area contributed by atoms with Crippen LogP contribution in [0.1, 0.15) is 24.3 Å². The van der Waals surface area contributed by atoms with E-state index in [9.17, 15) is 4.79 Å². The highest BCUT2D eigenvalue weighted by Gasteiger charge is 2.46. The standard InChI is InChI=1S/C11H16ClN3O2/c1-3-15-9(7(12)4-14-15)10(16)11(2)6-17-5-8(11)13/h4,8H,3,5-6,13H2,1-2H3. The molecule has 1 fully saturated rings. The second-order valence-electron chi connectivity index (χ2n) is 4.53. The summed E-state index contributed by atoms with van der Waals surface area (Å²) in [7, 11) is 0. The number of aryl methyl sites for hydroxylation is 1. The molecule has 2 rings (SSSR count). The van der Waals surface area contributed by atoms with Crippen LogP contribution in [-0.4, -0.2) is 34.8 Å². The fraction of sp³-hybridized carbons (Fsp3) is 0.636. The number of rotatable bonds is 3. The SMILES string of the molecule is CCn1ncc(Cl)c1C(=O)C1(C)COCC1N. The van der Waals surface area contributed by atoms with Crippen molar-refractivity contribution >= 4 is 17.4 Å². The first-order valence-corrected chi connectivity index (χ1v) is 5.98. The van der Waals surface area contributed by atoms with Crippen LogP contribution in [0.15, 0.2) is 6.20 Å². The van der Waals surface area contributed by atoms with Crippen molar-refractivity contribution in [3.8, 4) is 0 Å². The van der Waals surface area contributed by atoms with Crippen LogP contribution in [0.5, 0.6) is 0 Å². The van der Waals surface area contributed by atoms with Gasteiger partial charge >= 0.3 is 0 Å². The zero-order valence-corrected chi connectivity index (χ0v) is 10.7. The topological polar surface area (TPSA) is 70.1 Å². The number of carbonyl (C=O) groups excluding carboxylic acids is 1. The second kappa shape index (κ2) is 4.40. The van der Waals surface area contributed by atoms with Crippen molar-refractivity contribution in [3.05, 3.63) is 16.9 Å². The third kappa shape index (κ3) is 1.88. The fourth-order valence-corrected chi connectivity index (χ4v) is 2.25. The number of aromatic nitrogens is 2. The maximum atomic E-state index is 12.5. The second-order valence-corrected chi connectivity index (χ2v) is 4.93. The van der Waals surface area contributed by atoms with Gasteiger partial charge in [0.1, 0.15) is 5.69 Å². The van der Waals surface area contributed by atoms with E-state index in [0.717, 1.165) is 0 Å². The number of Topliss-reactive ketones (excluding diaryl/α,β-unsaturated/α-hetero) is 1. The van der Waals surface area contributed by atoms with Crippen LogP contribution in [0.25, 0.3) is 0 Å². The zero-order valence-electron chi connectivity index (χ0n) is 9.94. The summed E-state index contributed by atoms with van der Waals surface area (Å²) in [6.45, 7) is 5.06. The van der Waals surface area contributed by atoms with E-state index in [0.29, 0.717) is 30.5 Å². The van der Waals surface area contributed by atoms with E-state index in [-0.39, 0.29) is 11.8 Å². The van der Waals surface area contributed by atoms with Gasteiger partial charge in [0.2, 0.25) is 0 Å². The van der Waals surface area contributed by atoms with Crippen LogP contribution in [0, 0.1) is 5.41 Å². The minimum atomic E-state index is -0.712. The summed E-state index contributed by atoms with van der Waals surface area (Å²) in [4.78, 5) is 12.5. The molecular formula is C11H16ClN3O2. The minimum absolute atomic E-state index is 0.0909. The van der Waals surface area contributed by atoms with Crippen LogP contribution < -0.4 is 5.73 Å². The molecule has 5 nitrogen and oxygen atoms in total. The summed E-state index contributed by atoms with van der Waals surface area (Å²) in [6, 6.07) is -0.300. The predicted octanol–water partition coefficient (Wildman–Crippen LogP) is 1.10. The first-order valence-electron chi connectivity index (χ1n) is 5.60. The molecule has 0 radical (unpaired) electrons. The van der Waals surface area contributed by atoms with Gasteiger partial charge in [-0.3, -0.25) is 9.48 Å².